The van der Waals surface area contributed by atoms with E-state index >= 15 is 0 Å². The van der Waals surface area contributed by atoms with Gasteiger partial charge in [-0.1, -0.05) is 23.4 Å². The Morgan fingerprint density at radius 2 is 1.87 bits per heavy atom. The maximum atomic E-state index is 12.6. The highest BCUT2D eigenvalue weighted by atomic mass is 16.5. The van der Waals surface area contributed by atoms with Crippen molar-refractivity contribution in [3.63, 3.8) is 0 Å². The van der Waals surface area contributed by atoms with E-state index < -0.39 is 30.0 Å². The van der Waals surface area contributed by atoms with Crippen LogP contribution in [0.25, 0.3) is 10.9 Å². The molecule has 1 heterocycles. The fourth-order valence-electron chi connectivity index (χ4n) is 3.00. The van der Waals surface area contributed by atoms with E-state index in [4.69, 9.17) is 9.47 Å². The summed E-state index contributed by atoms with van der Waals surface area (Å²) in [5.41, 5.74) is 0.477. The number of ether oxygens (including phenoxy) is 2. The lowest BCUT2D eigenvalue weighted by molar-refractivity contribution is -0.137. The number of aliphatic carboxylic acids is 1. The van der Waals surface area contributed by atoms with Crippen LogP contribution in [0, 0.1) is 0 Å². The smallest absolute Gasteiger partial charge is 0.305 e. The van der Waals surface area contributed by atoms with Crippen molar-refractivity contribution in [2.24, 2.45) is 0 Å². The molecule has 0 aliphatic carbocycles. The molecule has 3 aromatic rings. The summed E-state index contributed by atoms with van der Waals surface area (Å²) < 4.78 is 11.4. The summed E-state index contributed by atoms with van der Waals surface area (Å²) in [6, 6.07) is 10.7. The Kier molecular flexibility index (Phi) is 6.26. The second-order valence-corrected chi connectivity index (χ2v) is 6.40. The maximum Gasteiger partial charge on any atom is 0.305 e. The van der Waals surface area contributed by atoms with Crippen LogP contribution < -0.4 is 20.3 Å². The van der Waals surface area contributed by atoms with Crippen molar-refractivity contribution in [1.29, 1.82) is 0 Å². The van der Waals surface area contributed by atoms with Crippen molar-refractivity contribution in [2.45, 2.75) is 19.0 Å². The number of nitrogens with zero attached hydrogens (tertiary/aromatic N) is 3. The lowest BCUT2D eigenvalue weighted by Crippen LogP contribution is -2.36. The van der Waals surface area contributed by atoms with Crippen LogP contribution in [0.1, 0.15) is 18.0 Å². The molecule has 1 amide bonds. The zero-order valence-corrected chi connectivity index (χ0v) is 16.4. The molecule has 10 nitrogen and oxygen atoms in total. The summed E-state index contributed by atoms with van der Waals surface area (Å²) >= 11 is 0. The van der Waals surface area contributed by atoms with Gasteiger partial charge >= 0.3 is 5.97 Å². The molecule has 0 spiro atoms. The first-order valence-electron chi connectivity index (χ1n) is 8.98. The number of carboxylic acid groups (broad SMARTS) is 1. The number of hydrogen-bond donors (Lipinski definition) is 2. The molecule has 0 radical (unpaired) electrons. The van der Waals surface area contributed by atoms with Gasteiger partial charge in [0.05, 0.1) is 32.1 Å². The van der Waals surface area contributed by atoms with Gasteiger partial charge in [0.2, 0.25) is 5.91 Å². The normalized spacial score (nSPS) is 11.7. The predicted molar refractivity (Wildman–Crippen MR) is 106 cm³/mol. The van der Waals surface area contributed by atoms with Gasteiger partial charge in [-0.15, -0.1) is 5.10 Å². The lowest BCUT2D eigenvalue weighted by Gasteiger charge is -2.19. The second kappa shape index (κ2) is 9.03. The van der Waals surface area contributed by atoms with E-state index in [0.717, 1.165) is 4.68 Å². The van der Waals surface area contributed by atoms with Crippen molar-refractivity contribution < 1.29 is 24.2 Å². The minimum absolute atomic E-state index is 0.335. The highest BCUT2D eigenvalue weighted by Crippen LogP contribution is 2.31. The van der Waals surface area contributed by atoms with Crippen molar-refractivity contribution in [1.82, 2.24) is 20.3 Å². The quantitative estimate of drug-likeness (QED) is 0.563. The second-order valence-electron chi connectivity index (χ2n) is 6.40. The van der Waals surface area contributed by atoms with Gasteiger partial charge < -0.3 is 19.9 Å². The highest BCUT2D eigenvalue weighted by molar-refractivity contribution is 5.79. The Balaban J connectivity index is 1.83. The van der Waals surface area contributed by atoms with Gasteiger partial charge in [-0.05, 0) is 29.8 Å². The van der Waals surface area contributed by atoms with E-state index in [-0.39, 0.29) is 6.42 Å². The number of rotatable bonds is 8. The number of carboxylic acids is 1. The molecule has 0 saturated carbocycles. The molecule has 0 aliphatic heterocycles. The van der Waals surface area contributed by atoms with Gasteiger partial charge in [0.1, 0.15) is 12.1 Å². The summed E-state index contributed by atoms with van der Waals surface area (Å²) in [4.78, 5) is 36.4. The van der Waals surface area contributed by atoms with Gasteiger partial charge in [0.25, 0.3) is 5.56 Å². The number of benzene rings is 2. The molecule has 156 valence electrons. The SMILES string of the molecule is COc1ccc(C(CC(=O)O)NC(=O)Cn2nnc3ccccc3c2=O)cc1OC. The van der Waals surface area contributed by atoms with Gasteiger partial charge in [-0.25, -0.2) is 4.68 Å². The van der Waals surface area contributed by atoms with Crippen molar-refractivity contribution >= 4 is 22.8 Å². The van der Waals surface area contributed by atoms with Crippen LogP contribution in [-0.4, -0.2) is 46.2 Å². The zero-order valence-electron chi connectivity index (χ0n) is 16.4. The van der Waals surface area contributed by atoms with Crippen LogP contribution in [0.15, 0.2) is 47.3 Å². The van der Waals surface area contributed by atoms with Gasteiger partial charge in [-0.2, -0.15) is 0 Å². The van der Waals surface area contributed by atoms with Crippen LogP contribution in [0.4, 0.5) is 0 Å². The molecular weight excluding hydrogens is 392 g/mol. The van der Waals surface area contributed by atoms with E-state index in [9.17, 15) is 19.5 Å². The van der Waals surface area contributed by atoms with E-state index in [1.165, 1.54) is 14.2 Å². The third kappa shape index (κ3) is 4.54. The summed E-state index contributed by atoms with van der Waals surface area (Å²) in [5, 5.41) is 19.9. The first-order valence-corrected chi connectivity index (χ1v) is 8.98. The van der Waals surface area contributed by atoms with Gasteiger partial charge in [0, 0.05) is 0 Å². The van der Waals surface area contributed by atoms with E-state index in [1.807, 2.05) is 0 Å². The number of aromatic nitrogens is 3. The monoisotopic (exact) mass is 412 g/mol. The minimum atomic E-state index is -1.10. The molecule has 1 atom stereocenters. The zero-order chi connectivity index (χ0) is 21.7. The Labute approximate surface area is 171 Å². The van der Waals surface area contributed by atoms with Crippen molar-refractivity contribution in [3.05, 3.63) is 58.4 Å². The van der Waals surface area contributed by atoms with E-state index in [2.05, 4.69) is 15.6 Å². The maximum absolute atomic E-state index is 12.6. The van der Waals surface area contributed by atoms with Crippen LogP contribution in [0.2, 0.25) is 0 Å². The first kappa shape index (κ1) is 20.8. The lowest BCUT2D eigenvalue weighted by atomic mass is 10.0. The summed E-state index contributed by atoms with van der Waals surface area (Å²) in [7, 11) is 2.94. The van der Waals surface area contributed by atoms with Gasteiger partial charge in [0.15, 0.2) is 11.5 Å². The van der Waals surface area contributed by atoms with Crippen LogP contribution in [-0.2, 0) is 16.1 Å². The molecule has 3 rings (SSSR count). The molecule has 1 unspecified atom stereocenters. The minimum Gasteiger partial charge on any atom is -0.493 e. The molecule has 0 fully saturated rings. The molecule has 0 aliphatic rings. The molecule has 0 saturated heterocycles. The fraction of sp³-hybridized carbons (Fsp3) is 0.250. The number of carbonyl (C=O) groups excluding carboxylic acids is 1. The number of hydrogen-bond acceptors (Lipinski definition) is 7. The molecule has 0 bridgehead atoms. The molecular formula is C20H20N4O6. The largest absolute Gasteiger partial charge is 0.493 e. The first-order chi connectivity index (χ1) is 14.4. The molecule has 1 aromatic heterocycles. The molecule has 30 heavy (non-hydrogen) atoms. The third-order valence-electron chi connectivity index (χ3n) is 4.45. The van der Waals surface area contributed by atoms with E-state index in [0.29, 0.717) is 28.0 Å². The summed E-state index contributed by atoms with van der Waals surface area (Å²) in [6.45, 7) is -0.403. The van der Waals surface area contributed by atoms with E-state index in [1.54, 1.807) is 42.5 Å². The number of amides is 1. The Hall–Kier alpha value is -3.95. The summed E-state index contributed by atoms with van der Waals surface area (Å²) in [5.74, 6) is -0.809. The van der Waals surface area contributed by atoms with Crippen molar-refractivity contribution in [2.75, 3.05) is 14.2 Å². The number of methoxy groups -OCH3 is 2. The third-order valence-corrected chi connectivity index (χ3v) is 4.45. The van der Waals surface area contributed by atoms with Crippen LogP contribution in [0.5, 0.6) is 11.5 Å². The Morgan fingerprint density at radius 1 is 1.13 bits per heavy atom. The average Bonchev–Trinajstić information content (AvgIpc) is 2.74. The fourth-order valence-corrected chi connectivity index (χ4v) is 3.00. The van der Waals surface area contributed by atoms with Crippen LogP contribution >= 0.6 is 0 Å². The Morgan fingerprint density at radius 3 is 2.57 bits per heavy atom. The highest BCUT2D eigenvalue weighted by Gasteiger charge is 2.21. The standard InChI is InChI=1S/C20H20N4O6/c1-29-16-8-7-12(9-17(16)30-2)15(10-19(26)27)21-18(25)11-24-20(28)13-5-3-4-6-14(13)22-23-24/h3-9,15H,10-11H2,1-2H3,(H,21,25)(H,26,27). The number of fused-ring (bicyclic) bond motifs is 1. The topological polar surface area (TPSA) is 133 Å². The molecule has 2 aromatic carbocycles. The molecule has 10 heteroatoms. The molecule has 2 N–H and O–H groups in total. The van der Waals surface area contributed by atoms with Crippen molar-refractivity contribution in [3.8, 4) is 11.5 Å². The Bertz CT molecular complexity index is 1140. The average molecular weight is 412 g/mol. The van der Waals surface area contributed by atoms with Gasteiger partial charge in [-0.3, -0.25) is 14.4 Å². The number of carbonyl (C=O) groups is 2. The van der Waals surface area contributed by atoms with Crippen LogP contribution in [0.3, 0.4) is 0 Å². The predicted octanol–water partition coefficient (Wildman–Crippen LogP) is 1.14. The number of nitrogens with one attached hydrogen (secondary N) is 1. The summed E-state index contributed by atoms with van der Waals surface area (Å²) in [6.07, 6.45) is -0.362.